The van der Waals surface area contributed by atoms with E-state index in [1.54, 1.807) is 13.8 Å². The van der Waals surface area contributed by atoms with Gasteiger partial charge in [0.15, 0.2) is 0 Å². The summed E-state index contributed by atoms with van der Waals surface area (Å²) in [6, 6.07) is 4.86. The molecule has 3 N–H and O–H groups in total. The predicted molar refractivity (Wildman–Crippen MR) is 63.3 cm³/mol. The van der Waals surface area contributed by atoms with E-state index in [0.717, 1.165) is 6.07 Å². The third-order valence-corrected chi connectivity index (χ3v) is 4.65. The van der Waals surface area contributed by atoms with E-state index in [-0.39, 0.29) is 10.9 Å². The number of nitrogens with two attached hydrogens (primary N) is 1. The summed E-state index contributed by atoms with van der Waals surface area (Å²) in [7, 11) is -7.95. The normalized spacial score (nSPS) is 12.9. The molecular formula is C9H14N2O4S2. The first-order chi connectivity index (χ1) is 7.64. The van der Waals surface area contributed by atoms with E-state index < -0.39 is 24.9 Å². The zero-order valence-corrected chi connectivity index (χ0v) is 11.0. The third kappa shape index (κ3) is 3.50. The number of sulfonamides is 2. The van der Waals surface area contributed by atoms with Gasteiger partial charge in [-0.1, -0.05) is 12.1 Å². The van der Waals surface area contributed by atoms with Gasteiger partial charge >= 0.3 is 0 Å². The van der Waals surface area contributed by atoms with Gasteiger partial charge in [-0.05, 0) is 26.0 Å². The summed E-state index contributed by atoms with van der Waals surface area (Å²) in [5, 5.41) is 4.97. The zero-order chi connectivity index (χ0) is 13.3. The molecule has 0 saturated heterocycles. The first kappa shape index (κ1) is 14.1. The van der Waals surface area contributed by atoms with Gasteiger partial charge in [-0.15, -0.1) is 0 Å². The molecule has 8 heteroatoms. The minimum atomic E-state index is -4.07. The molecule has 0 unspecified atom stereocenters. The highest BCUT2D eigenvalue weighted by Gasteiger charge is 2.24. The van der Waals surface area contributed by atoms with Crippen molar-refractivity contribution in [2.24, 2.45) is 5.14 Å². The van der Waals surface area contributed by atoms with Gasteiger partial charge < -0.3 is 0 Å². The lowest BCUT2D eigenvalue weighted by Gasteiger charge is -2.12. The van der Waals surface area contributed by atoms with Crippen LogP contribution in [0.4, 0.5) is 0 Å². The fraction of sp³-hybridized carbons (Fsp3) is 0.333. The number of rotatable bonds is 4. The van der Waals surface area contributed by atoms with E-state index in [9.17, 15) is 16.8 Å². The molecule has 96 valence electrons. The Hall–Kier alpha value is -0.960. The van der Waals surface area contributed by atoms with E-state index in [0.29, 0.717) is 0 Å². The van der Waals surface area contributed by atoms with Crippen LogP contribution in [0.1, 0.15) is 13.8 Å². The van der Waals surface area contributed by atoms with Crippen LogP contribution in [-0.2, 0) is 20.0 Å². The minimum Gasteiger partial charge on any atom is -0.225 e. The molecule has 0 amide bonds. The summed E-state index contributed by atoms with van der Waals surface area (Å²) >= 11 is 0. The highest BCUT2D eigenvalue weighted by Crippen LogP contribution is 2.19. The van der Waals surface area contributed by atoms with Crippen LogP contribution >= 0.6 is 0 Å². The van der Waals surface area contributed by atoms with E-state index in [1.165, 1.54) is 18.2 Å². The Morgan fingerprint density at radius 1 is 1.06 bits per heavy atom. The van der Waals surface area contributed by atoms with Gasteiger partial charge in [0.25, 0.3) is 0 Å². The van der Waals surface area contributed by atoms with Crippen LogP contribution in [-0.4, -0.2) is 22.9 Å². The summed E-state index contributed by atoms with van der Waals surface area (Å²) in [6.07, 6.45) is 0. The van der Waals surface area contributed by atoms with E-state index in [1.807, 2.05) is 0 Å². The Morgan fingerprint density at radius 3 is 1.94 bits per heavy atom. The predicted octanol–water partition coefficient (Wildman–Crippen LogP) is 0.0207. The molecule has 0 aromatic heterocycles. The fourth-order valence-corrected chi connectivity index (χ4v) is 3.91. The maximum absolute atomic E-state index is 11.9. The Kier molecular flexibility index (Phi) is 3.92. The molecule has 0 atom stereocenters. The van der Waals surface area contributed by atoms with Crippen molar-refractivity contribution in [3.8, 4) is 0 Å². The van der Waals surface area contributed by atoms with Crippen molar-refractivity contribution in [3.63, 3.8) is 0 Å². The number of primary sulfonamides is 1. The molecule has 0 radical (unpaired) electrons. The number of benzene rings is 1. The molecule has 1 rings (SSSR count). The van der Waals surface area contributed by atoms with Gasteiger partial charge in [-0.2, -0.15) is 0 Å². The maximum Gasteiger partial charge on any atom is 0.242 e. The van der Waals surface area contributed by atoms with Gasteiger partial charge in [-0.25, -0.2) is 26.7 Å². The molecule has 1 aromatic carbocycles. The Labute approximate surface area is 101 Å². The van der Waals surface area contributed by atoms with Crippen LogP contribution in [0, 0.1) is 0 Å². The topological polar surface area (TPSA) is 106 Å². The summed E-state index contributed by atoms with van der Waals surface area (Å²) in [4.78, 5) is -0.746. The largest absolute Gasteiger partial charge is 0.242 e. The summed E-state index contributed by atoms with van der Waals surface area (Å²) in [6.45, 7) is 3.27. The molecule has 0 fully saturated rings. The van der Waals surface area contributed by atoms with Crippen molar-refractivity contribution in [1.82, 2.24) is 4.72 Å². The second-order valence-electron chi connectivity index (χ2n) is 3.77. The first-order valence-corrected chi connectivity index (χ1v) is 7.81. The zero-order valence-electron chi connectivity index (χ0n) is 9.41. The smallest absolute Gasteiger partial charge is 0.225 e. The van der Waals surface area contributed by atoms with Crippen LogP contribution in [0.15, 0.2) is 34.1 Å². The van der Waals surface area contributed by atoms with Crippen LogP contribution in [0.25, 0.3) is 0 Å². The SMILES string of the molecule is CC(C)NS(=O)(=O)c1ccccc1S(N)(=O)=O. The third-order valence-electron chi connectivity index (χ3n) is 1.84. The molecule has 0 aliphatic rings. The Balaban J connectivity index is 3.43. The second kappa shape index (κ2) is 4.73. The van der Waals surface area contributed by atoms with Crippen molar-refractivity contribution in [2.75, 3.05) is 0 Å². The quantitative estimate of drug-likeness (QED) is 0.809. The highest BCUT2D eigenvalue weighted by molar-refractivity contribution is 7.92. The second-order valence-corrected chi connectivity index (χ2v) is 6.98. The number of nitrogens with one attached hydrogen (secondary N) is 1. The first-order valence-electron chi connectivity index (χ1n) is 4.79. The number of hydrogen-bond donors (Lipinski definition) is 2. The van der Waals surface area contributed by atoms with Crippen LogP contribution in [0.2, 0.25) is 0 Å². The fourth-order valence-electron chi connectivity index (χ4n) is 1.28. The molecule has 0 spiro atoms. The standard InChI is InChI=1S/C9H14N2O4S2/c1-7(2)11-17(14,15)9-6-4-3-5-8(9)16(10,12)13/h3-7,11H,1-2H3,(H2,10,12,13). The lowest BCUT2D eigenvalue weighted by atomic mass is 10.4. The van der Waals surface area contributed by atoms with Crippen molar-refractivity contribution in [1.29, 1.82) is 0 Å². The van der Waals surface area contributed by atoms with Crippen LogP contribution in [0.5, 0.6) is 0 Å². The van der Waals surface area contributed by atoms with Gasteiger partial charge in [-0.3, -0.25) is 0 Å². The summed E-state index contributed by atoms with van der Waals surface area (Å²) < 4.78 is 48.6. The van der Waals surface area contributed by atoms with Gasteiger partial charge in [0.1, 0.15) is 9.79 Å². The average molecular weight is 278 g/mol. The van der Waals surface area contributed by atoms with Crippen molar-refractivity contribution in [3.05, 3.63) is 24.3 Å². The number of hydrogen-bond acceptors (Lipinski definition) is 4. The summed E-state index contributed by atoms with van der Waals surface area (Å²) in [5.41, 5.74) is 0. The molecule has 0 aliphatic heterocycles. The van der Waals surface area contributed by atoms with Crippen molar-refractivity contribution in [2.45, 2.75) is 29.7 Å². The van der Waals surface area contributed by atoms with E-state index in [2.05, 4.69) is 4.72 Å². The van der Waals surface area contributed by atoms with E-state index >= 15 is 0 Å². The lowest BCUT2D eigenvalue weighted by Crippen LogP contribution is -2.31. The van der Waals surface area contributed by atoms with E-state index in [4.69, 9.17) is 5.14 Å². The molecular weight excluding hydrogens is 264 g/mol. The minimum absolute atomic E-state index is 0.337. The van der Waals surface area contributed by atoms with Crippen LogP contribution < -0.4 is 9.86 Å². The van der Waals surface area contributed by atoms with Crippen molar-refractivity contribution < 1.29 is 16.8 Å². The Bertz CT molecular complexity index is 606. The highest BCUT2D eigenvalue weighted by atomic mass is 32.2. The van der Waals surface area contributed by atoms with Gasteiger partial charge in [0.2, 0.25) is 20.0 Å². The molecule has 17 heavy (non-hydrogen) atoms. The van der Waals surface area contributed by atoms with Gasteiger partial charge in [0, 0.05) is 6.04 Å². The molecule has 0 heterocycles. The molecule has 1 aromatic rings. The molecule has 6 nitrogen and oxygen atoms in total. The van der Waals surface area contributed by atoms with Crippen molar-refractivity contribution >= 4 is 20.0 Å². The lowest BCUT2D eigenvalue weighted by molar-refractivity contribution is 0.563. The molecule has 0 bridgehead atoms. The van der Waals surface area contributed by atoms with Gasteiger partial charge in [0.05, 0.1) is 0 Å². The molecule has 0 aliphatic carbocycles. The molecule has 0 saturated carbocycles. The Morgan fingerprint density at radius 2 is 1.53 bits per heavy atom. The summed E-state index contributed by atoms with van der Waals surface area (Å²) in [5.74, 6) is 0. The van der Waals surface area contributed by atoms with Crippen LogP contribution in [0.3, 0.4) is 0 Å². The maximum atomic E-state index is 11.9. The average Bonchev–Trinajstić information content (AvgIpc) is 2.14. The monoisotopic (exact) mass is 278 g/mol.